The largest absolute Gasteiger partial charge is 0.417 e. The molecule has 0 saturated carbocycles. The number of nitrogens with zero attached hydrogens (tertiary/aromatic N) is 2. The summed E-state index contributed by atoms with van der Waals surface area (Å²) in [7, 11) is 0.389. The number of imidazole rings is 1. The Morgan fingerprint density at radius 1 is 1.42 bits per heavy atom. The molecule has 19 heavy (non-hydrogen) atoms. The van der Waals surface area contributed by atoms with Gasteiger partial charge in [-0.15, -0.1) is 0 Å². The van der Waals surface area contributed by atoms with E-state index in [-0.39, 0.29) is 5.04 Å². The molecule has 0 radical (unpaired) electrons. The first kappa shape index (κ1) is 16.2. The van der Waals surface area contributed by atoms with Crippen molar-refractivity contribution in [2.24, 2.45) is 7.05 Å². The molecule has 0 N–H and O–H groups in total. The molecular formula is C15H28N2OSi. The van der Waals surface area contributed by atoms with Crippen LogP contribution in [0.15, 0.2) is 18.6 Å². The highest BCUT2D eigenvalue weighted by Crippen LogP contribution is 2.36. The number of hydrogen-bond acceptors (Lipinski definition) is 2. The van der Waals surface area contributed by atoms with Crippen molar-refractivity contribution in [3.05, 3.63) is 24.3 Å². The molecule has 0 aliphatic heterocycles. The molecule has 1 aromatic rings. The maximum atomic E-state index is 6.15. The van der Waals surface area contributed by atoms with Gasteiger partial charge in [0.2, 0.25) is 0 Å². The normalized spacial score (nSPS) is 13.9. The predicted octanol–water partition coefficient (Wildman–Crippen LogP) is 4.24. The summed E-state index contributed by atoms with van der Waals surface area (Å²) in [5.74, 6) is 0. The van der Waals surface area contributed by atoms with Crippen LogP contribution in [0.4, 0.5) is 0 Å². The van der Waals surface area contributed by atoms with Gasteiger partial charge in [0.05, 0.1) is 12.0 Å². The van der Waals surface area contributed by atoms with Crippen molar-refractivity contribution in [1.82, 2.24) is 9.55 Å². The number of aryl methyl sites for hydroxylation is 1. The van der Waals surface area contributed by atoms with E-state index < -0.39 is 8.32 Å². The quantitative estimate of drug-likeness (QED) is 0.596. The zero-order valence-electron chi connectivity index (χ0n) is 13.4. The van der Waals surface area contributed by atoms with Crippen LogP contribution < -0.4 is 0 Å². The molecule has 0 spiro atoms. The van der Waals surface area contributed by atoms with E-state index in [4.69, 9.17) is 4.43 Å². The molecule has 0 bridgehead atoms. The second-order valence-corrected chi connectivity index (χ2v) is 11.5. The summed E-state index contributed by atoms with van der Waals surface area (Å²) in [6, 6.07) is 0. The van der Waals surface area contributed by atoms with Crippen LogP contribution >= 0.6 is 0 Å². The van der Waals surface area contributed by atoms with Gasteiger partial charge in [-0.05, 0) is 37.0 Å². The van der Waals surface area contributed by atoms with Crippen LogP contribution in [-0.4, -0.2) is 24.5 Å². The van der Waals surface area contributed by atoms with Gasteiger partial charge in [-0.1, -0.05) is 26.8 Å². The third-order valence-corrected chi connectivity index (χ3v) is 8.48. The Bertz CT molecular complexity index is 441. The Morgan fingerprint density at radius 2 is 2.05 bits per heavy atom. The van der Waals surface area contributed by atoms with Crippen LogP contribution in [0.1, 0.15) is 39.8 Å². The van der Waals surface area contributed by atoms with E-state index in [0.29, 0.717) is 0 Å². The first-order valence-corrected chi connectivity index (χ1v) is 9.83. The van der Waals surface area contributed by atoms with Gasteiger partial charge in [0, 0.05) is 19.9 Å². The zero-order valence-corrected chi connectivity index (χ0v) is 14.4. The average molecular weight is 280 g/mol. The summed E-state index contributed by atoms with van der Waals surface area (Å²) >= 11 is 0. The monoisotopic (exact) mass is 280 g/mol. The van der Waals surface area contributed by atoms with E-state index in [0.717, 1.165) is 18.7 Å². The van der Waals surface area contributed by atoms with E-state index in [9.17, 15) is 0 Å². The standard InChI is InChI=1S/C15H28N2OSi/c1-13(14-11-17(5)12-16-14)9-8-10-18-19(6,7)15(2,3)4/h9,11-12H,8,10H2,1-7H3. The van der Waals surface area contributed by atoms with E-state index in [1.165, 1.54) is 5.57 Å². The van der Waals surface area contributed by atoms with Crippen molar-refractivity contribution in [1.29, 1.82) is 0 Å². The fourth-order valence-corrected chi connectivity index (χ4v) is 2.59. The number of aromatic nitrogens is 2. The Labute approximate surface area is 118 Å². The molecule has 1 aromatic heterocycles. The minimum absolute atomic E-state index is 0.284. The third-order valence-electron chi connectivity index (χ3n) is 3.95. The fourth-order valence-electron chi connectivity index (χ4n) is 1.53. The lowest BCUT2D eigenvalue weighted by Gasteiger charge is -2.36. The van der Waals surface area contributed by atoms with Gasteiger partial charge in [-0.2, -0.15) is 0 Å². The van der Waals surface area contributed by atoms with Crippen LogP contribution in [0.25, 0.3) is 5.57 Å². The molecule has 0 atom stereocenters. The molecule has 108 valence electrons. The topological polar surface area (TPSA) is 27.1 Å². The summed E-state index contributed by atoms with van der Waals surface area (Å²) in [5.41, 5.74) is 2.27. The molecule has 0 unspecified atom stereocenters. The summed E-state index contributed by atoms with van der Waals surface area (Å²) in [6.07, 6.45) is 7.05. The Kier molecular flexibility index (Phi) is 5.16. The summed E-state index contributed by atoms with van der Waals surface area (Å²) < 4.78 is 8.13. The number of hydrogen-bond donors (Lipinski definition) is 0. The number of allylic oxidation sites excluding steroid dienone is 1. The first-order chi connectivity index (χ1) is 8.63. The highest BCUT2D eigenvalue weighted by Gasteiger charge is 2.36. The lowest BCUT2D eigenvalue weighted by Crippen LogP contribution is -2.40. The number of rotatable bonds is 5. The van der Waals surface area contributed by atoms with Crippen molar-refractivity contribution in [2.45, 2.75) is 52.2 Å². The Morgan fingerprint density at radius 3 is 2.53 bits per heavy atom. The van der Waals surface area contributed by atoms with Gasteiger partial charge in [-0.25, -0.2) is 4.98 Å². The third kappa shape index (κ3) is 4.62. The van der Waals surface area contributed by atoms with E-state index in [2.05, 4.69) is 51.8 Å². The van der Waals surface area contributed by atoms with Crippen molar-refractivity contribution in [3.8, 4) is 0 Å². The van der Waals surface area contributed by atoms with Crippen LogP contribution in [-0.2, 0) is 11.5 Å². The van der Waals surface area contributed by atoms with Gasteiger partial charge in [0.25, 0.3) is 0 Å². The zero-order chi connectivity index (χ0) is 14.7. The Hall–Kier alpha value is -0.873. The van der Waals surface area contributed by atoms with Crippen LogP contribution in [0, 0.1) is 0 Å². The average Bonchev–Trinajstić information content (AvgIpc) is 2.69. The highest BCUT2D eigenvalue weighted by atomic mass is 28.4. The molecule has 0 aliphatic carbocycles. The van der Waals surface area contributed by atoms with Gasteiger partial charge in [-0.3, -0.25) is 0 Å². The minimum atomic E-state index is -1.60. The smallest absolute Gasteiger partial charge is 0.191 e. The van der Waals surface area contributed by atoms with Crippen LogP contribution in [0.3, 0.4) is 0 Å². The lowest BCUT2D eigenvalue weighted by molar-refractivity contribution is 0.294. The van der Waals surface area contributed by atoms with Crippen LogP contribution in [0.5, 0.6) is 0 Å². The first-order valence-electron chi connectivity index (χ1n) is 6.92. The second-order valence-electron chi connectivity index (χ2n) is 6.71. The highest BCUT2D eigenvalue weighted by molar-refractivity contribution is 6.74. The minimum Gasteiger partial charge on any atom is -0.417 e. The van der Waals surface area contributed by atoms with Gasteiger partial charge in [0.15, 0.2) is 8.32 Å². The molecule has 0 aromatic carbocycles. The SMILES string of the molecule is CC(=CCCO[Si](C)(C)C(C)(C)C)c1cn(C)cn1. The molecule has 0 amide bonds. The van der Waals surface area contributed by atoms with Crippen molar-refractivity contribution in [3.63, 3.8) is 0 Å². The van der Waals surface area contributed by atoms with Crippen molar-refractivity contribution >= 4 is 13.9 Å². The van der Waals surface area contributed by atoms with E-state index >= 15 is 0 Å². The van der Waals surface area contributed by atoms with Gasteiger partial charge >= 0.3 is 0 Å². The van der Waals surface area contributed by atoms with E-state index in [1.807, 2.05) is 24.1 Å². The summed E-state index contributed by atoms with van der Waals surface area (Å²) in [4.78, 5) is 4.34. The van der Waals surface area contributed by atoms with Gasteiger partial charge < -0.3 is 8.99 Å². The fraction of sp³-hybridized carbons (Fsp3) is 0.667. The molecule has 0 aliphatic rings. The summed E-state index contributed by atoms with van der Waals surface area (Å²) in [6.45, 7) is 14.3. The lowest BCUT2D eigenvalue weighted by atomic mass is 10.2. The molecular weight excluding hydrogens is 252 g/mol. The van der Waals surface area contributed by atoms with Gasteiger partial charge in [0.1, 0.15) is 0 Å². The molecule has 1 heterocycles. The van der Waals surface area contributed by atoms with Crippen molar-refractivity contribution in [2.75, 3.05) is 6.61 Å². The second kappa shape index (κ2) is 6.05. The molecule has 4 heteroatoms. The Balaban J connectivity index is 2.47. The van der Waals surface area contributed by atoms with Crippen molar-refractivity contribution < 1.29 is 4.43 Å². The van der Waals surface area contributed by atoms with Crippen LogP contribution in [0.2, 0.25) is 18.1 Å². The maximum absolute atomic E-state index is 6.15. The van der Waals surface area contributed by atoms with E-state index in [1.54, 1.807) is 0 Å². The molecule has 3 nitrogen and oxygen atoms in total. The summed E-state index contributed by atoms with van der Waals surface area (Å²) in [5, 5.41) is 0.284. The maximum Gasteiger partial charge on any atom is 0.191 e. The molecule has 0 saturated heterocycles. The molecule has 0 fully saturated rings. The predicted molar refractivity (Wildman–Crippen MR) is 84.6 cm³/mol. The molecule has 1 rings (SSSR count).